The molecular formula is C32H32N2O4S. The van der Waals surface area contributed by atoms with Crippen LogP contribution in [-0.4, -0.2) is 49.4 Å². The molecule has 1 unspecified atom stereocenters. The summed E-state index contributed by atoms with van der Waals surface area (Å²) in [5.74, 6) is 1.58. The van der Waals surface area contributed by atoms with Crippen LogP contribution in [0.5, 0.6) is 11.5 Å². The van der Waals surface area contributed by atoms with Crippen LogP contribution < -0.4 is 14.8 Å². The number of carbonyl (C=O) groups excluding carboxylic acids is 2. The van der Waals surface area contributed by atoms with Gasteiger partial charge in [0.25, 0.3) is 0 Å². The summed E-state index contributed by atoms with van der Waals surface area (Å²) in [7, 11) is 1.67. The molecule has 6 nitrogen and oxygen atoms in total. The molecular weight excluding hydrogens is 508 g/mol. The van der Waals surface area contributed by atoms with Gasteiger partial charge in [-0.15, -0.1) is 11.3 Å². The average Bonchev–Trinajstić information content (AvgIpc) is 3.72. The Kier molecular flexibility index (Phi) is 7.35. The number of carbonyl (C=O) groups is 2. The predicted molar refractivity (Wildman–Crippen MR) is 155 cm³/mol. The van der Waals surface area contributed by atoms with E-state index >= 15 is 0 Å². The number of rotatable bonds is 9. The number of ketones is 1. The van der Waals surface area contributed by atoms with E-state index in [-0.39, 0.29) is 17.7 Å². The van der Waals surface area contributed by atoms with Crippen LogP contribution in [0.3, 0.4) is 0 Å². The highest BCUT2D eigenvalue weighted by Gasteiger charge is 2.24. The van der Waals surface area contributed by atoms with E-state index in [2.05, 4.69) is 16.3 Å². The largest absolute Gasteiger partial charge is 0.496 e. The van der Waals surface area contributed by atoms with E-state index in [1.54, 1.807) is 18.4 Å². The van der Waals surface area contributed by atoms with Crippen LogP contribution >= 0.6 is 11.3 Å². The highest BCUT2D eigenvalue weighted by Crippen LogP contribution is 2.40. The molecule has 2 fully saturated rings. The molecule has 0 spiro atoms. The minimum atomic E-state index is -0.00854. The Morgan fingerprint density at radius 1 is 1.05 bits per heavy atom. The molecule has 0 radical (unpaired) electrons. The molecule has 1 atom stereocenters. The first kappa shape index (κ1) is 25.6. The maximum Gasteiger partial charge on any atom is 0.220 e. The molecule has 3 aromatic carbocycles. The Morgan fingerprint density at radius 3 is 2.59 bits per heavy atom. The summed E-state index contributed by atoms with van der Waals surface area (Å²) in [5.41, 5.74) is 3.42. The fourth-order valence-corrected chi connectivity index (χ4v) is 6.72. The summed E-state index contributed by atoms with van der Waals surface area (Å²) >= 11 is 1.63. The van der Waals surface area contributed by atoms with Gasteiger partial charge in [-0.3, -0.25) is 14.5 Å². The number of hydrogen-bond acceptors (Lipinski definition) is 6. The second-order valence-electron chi connectivity index (χ2n) is 10.3. The maximum atomic E-state index is 14.1. The molecule has 1 N–H and O–H groups in total. The summed E-state index contributed by atoms with van der Waals surface area (Å²) < 4.78 is 12.7. The molecule has 0 saturated carbocycles. The van der Waals surface area contributed by atoms with Gasteiger partial charge >= 0.3 is 0 Å². The van der Waals surface area contributed by atoms with Gasteiger partial charge in [0, 0.05) is 44.6 Å². The SMILES string of the molecule is COc1cc(C(=O)c2c(-c3ccc(OCC4CCC(=O)N4)cc3)sc3ccccc23)ccc1CN1CCCC1. The van der Waals surface area contributed by atoms with Gasteiger partial charge in [-0.05, 0) is 74.3 Å². The Hall–Kier alpha value is -3.68. The van der Waals surface area contributed by atoms with Crippen LogP contribution in [0.4, 0.5) is 0 Å². The maximum absolute atomic E-state index is 14.1. The summed E-state index contributed by atoms with van der Waals surface area (Å²) in [6.45, 7) is 3.50. The van der Waals surface area contributed by atoms with E-state index in [0.717, 1.165) is 63.6 Å². The van der Waals surface area contributed by atoms with Gasteiger partial charge in [-0.2, -0.15) is 0 Å². The zero-order valence-electron chi connectivity index (χ0n) is 22.1. The van der Waals surface area contributed by atoms with Crippen molar-refractivity contribution in [2.45, 2.75) is 38.3 Å². The number of thiophene rings is 1. The number of likely N-dealkylation sites (tertiary alicyclic amines) is 1. The third kappa shape index (κ3) is 5.42. The number of ether oxygens (including phenoxy) is 2. The fraction of sp³-hybridized carbons (Fsp3) is 0.312. The molecule has 0 bridgehead atoms. The van der Waals surface area contributed by atoms with Crippen LogP contribution in [0.1, 0.15) is 47.2 Å². The predicted octanol–water partition coefficient (Wildman–Crippen LogP) is 6.06. The van der Waals surface area contributed by atoms with Crippen molar-refractivity contribution in [1.29, 1.82) is 0 Å². The van der Waals surface area contributed by atoms with Crippen LogP contribution in [0.2, 0.25) is 0 Å². The van der Waals surface area contributed by atoms with E-state index in [1.807, 2.05) is 60.7 Å². The first-order chi connectivity index (χ1) is 19.1. The molecule has 2 aliphatic heterocycles. The normalized spacial score (nSPS) is 17.5. The minimum Gasteiger partial charge on any atom is -0.496 e. The van der Waals surface area contributed by atoms with E-state index in [9.17, 15) is 9.59 Å². The molecule has 1 amide bonds. The lowest BCUT2D eigenvalue weighted by Gasteiger charge is -2.17. The molecule has 39 heavy (non-hydrogen) atoms. The molecule has 1 aromatic heterocycles. The number of fused-ring (bicyclic) bond motifs is 1. The lowest BCUT2D eigenvalue weighted by molar-refractivity contribution is -0.119. The number of methoxy groups -OCH3 is 1. The Labute approximate surface area is 232 Å². The Bertz CT molecular complexity index is 1500. The van der Waals surface area contributed by atoms with Gasteiger partial charge in [-0.25, -0.2) is 0 Å². The molecule has 6 rings (SSSR count). The van der Waals surface area contributed by atoms with Crippen LogP contribution in [0.15, 0.2) is 66.7 Å². The van der Waals surface area contributed by atoms with Crippen LogP contribution in [0.25, 0.3) is 20.5 Å². The Morgan fingerprint density at radius 2 is 1.85 bits per heavy atom. The second kappa shape index (κ2) is 11.2. The number of nitrogens with one attached hydrogen (secondary N) is 1. The topological polar surface area (TPSA) is 67.9 Å². The summed E-state index contributed by atoms with van der Waals surface area (Å²) in [6.07, 6.45) is 3.83. The molecule has 3 heterocycles. The van der Waals surface area contributed by atoms with Gasteiger partial charge in [-0.1, -0.05) is 30.3 Å². The molecule has 2 saturated heterocycles. The van der Waals surface area contributed by atoms with Crippen molar-refractivity contribution >= 4 is 33.1 Å². The highest BCUT2D eigenvalue weighted by atomic mass is 32.1. The first-order valence-electron chi connectivity index (χ1n) is 13.6. The molecule has 2 aliphatic rings. The van der Waals surface area contributed by atoms with Crippen molar-refractivity contribution < 1.29 is 19.1 Å². The quantitative estimate of drug-likeness (QED) is 0.261. The number of hydrogen-bond donors (Lipinski definition) is 1. The van der Waals surface area contributed by atoms with Gasteiger partial charge in [0.1, 0.15) is 18.1 Å². The van der Waals surface area contributed by atoms with Crippen molar-refractivity contribution in [3.8, 4) is 21.9 Å². The average molecular weight is 541 g/mol. The molecule has 7 heteroatoms. The van der Waals surface area contributed by atoms with Crippen molar-refractivity contribution in [3.05, 3.63) is 83.4 Å². The Balaban J connectivity index is 1.29. The zero-order valence-corrected chi connectivity index (χ0v) is 22.9. The van der Waals surface area contributed by atoms with Crippen molar-refractivity contribution in [2.24, 2.45) is 0 Å². The number of benzene rings is 3. The minimum absolute atomic E-state index is 0.00854. The number of amides is 1. The lowest BCUT2D eigenvalue weighted by Crippen LogP contribution is -2.30. The van der Waals surface area contributed by atoms with E-state index in [0.29, 0.717) is 24.2 Å². The van der Waals surface area contributed by atoms with Crippen LogP contribution in [0, 0.1) is 0 Å². The first-order valence-corrected chi connectivity index (χ1v) is 14.4. The molecule has 0 aliphatic carbocycles. The third-order valence-electron chi connectivity index (χ3n) is 7.62. The van der Waals surface area contributed by atoms with Gasteiger partial charge in [0.05, 0.1) is 13.2 Å². The second-order valence-corrected chi connectivity index (χ2v) is 11.3. The lowest BCUT2D eigenvalue weighted by atomic mass is 9.96. The monoisotopic (exact) mass is 540 g/mol. The van der Waals surface area contributed by atoms with E-state index in [4.69, 9.17) is 9.47 Å². The van der Waals surface area contributed by atoms with Crippen molar-refractivity contribution in [3.63, 3.8) is 0 Å². The fourth-order valence-electron chi connectivity index (χ4n) is 5.52. The highest BCUT2D eigenvalue weighted by molar-refractivity contribution is 7.22. The van der Waals surface area contributed by atoms with E-state index < -0.39 is 0 Å². The smallest absolute Gasteiger partial charge is 0.220 e. The van der Waals surface area contributed by atoms with Crippen molar-refractivity contribution in [1.82, 2.24) is 10.2 Å². The molecule has 200 valence electrons. The van der Waals surface area contributed by atoms with Gasteiger partial charge in [0.2, 0.25) is 5.91 Å². The van der Waals surface area contributed by atoms with E-state index in [1.165, 1.54) is 12.8 Å². The summed E-state index contributed by atoms with van der Waals surface area (Å²) in [6, 6.07) is 21.9. The number of nitrogens with zero attached hydrogens (tertiary/aromatic N) is 1. The standard InChI is InChI=1S/C32H32N2O4S/c1-37-27-18-22(8-9-23(27)19-34-16-4-5-17-34)31(36)30-26-6-2-3-7-28(26)39-32(30)21-10-13-25(14-11-21)38-20-24-12-15-29(35)33-24/h2-3,6-11,13-14,18,24H,4-5,12,15-17,19-20H2,1H3,(H,33,35). The summed E-state index contributed by atoms with van der Waals surface area (Å²) in [4.78, 5) is 28.9. The summed E-state index contributed by atoms with van der Waals surface area (Å²) in [5, 5.41) is 3.89. The van der Waals surface area contributed by atoms with Crippen LogP contribution in [-0.2, 0) is 11.3 Å². The van der Waals surface area contributed by atoms with Crippen molar-refractivity contribution in [2.75, 3.05) is 26.8 Å². The zero-order chi connectivity index (χ0) is 26.8. The third-order valence-corrected chi connectivity index (χ3v) is 8.84. The van der Waals surface area contributed by atoms with Gasteiger partial charge < -0.3 is 14.8 Å². The van der Waals surface area contributed by atoms with Gasteiger partial charge in [0.15, 0.2) is 5.78 Å². The molecule has 4 aromatic rings.